The Morgan fingerprint density at radius 3 is 2.37 bits per heavy atom. The van der Waals surface area contributed by atoms with Crippen molar-refractivity contribution in [2.24, 2.45) is 5.73 Å². The quantitative estimate of drug-likeness (QED) is 0.558. The zero-order valence-electron chi connectivity index (χ0n) is 15.0. The molecule has 3 N–H and O–H groups in total. The third-order valence-electron chi connectivity index (χ3n) is 5.72. The van der Waals surface area contributed by atoms with Crippen LogP contribution in [-0.4, -0.2) is 14.7 Å². The van der Waals surface area contributed by atoms with Gasteiger partial charge in [0, 0.05) is 17.4 Å². The molecule has 5 rings (SSSR count). The van der Waals surface area contributed by atoms with Crippen LogP contribution in [-0.2, 0) is 5.54 Å². The van der Waals surface area contributed by atoms with Gasteiger partial charge in [-0.1, -0.05) is 42.5 Å². The Balaban J connectivity index is 1.71. The first-order chi connectivity index (χ1) is 13.2. The number of aromatic nitrogens is 2. The van der Waals surface area contributed by atoms with E-state index in [1.54, 1.807) is 6.20 Å². The van der Waals surface area contributed by atoms with Gasteiger partial charge in [-0.15, -0.1) is 0 Å². The number of pyridine rings is 1. The molecule has 4 heteroatoms. The highest BCUT2D eigenvalue weighted by Gasteiger charge is 2.34. The fourth-order valence-corrected chi connectivity index (χ4v) is 4.01. The van der Waals surface area contributed by atoms with Crippen LogP contribution >= 0.6 is 0 Å². The normalized spacial score (nSPS) is 15.6. The number of nitrogens with two attached hydrogens (primary N) is 1. The van der Waals surface area contributed by atoms with Gasteiger partial charge in [-0.2, -0.15) is 0 Å². The molecule has 0 amide bonds. The number of nitrogens with zero attached hydrogens (tertiary/aromatic N) is 2. The van der Waals surface area contributed by atoms with Crippen molar-refractivity contribution < 1.29 is 5.11 Å². The molecule has 0 bridgehead atoms. The second-order valence-corrected chi connectivity index (χ2v) is 7.35. The Kier molecular flexibility index (Phi) is 3.55. The molecule has 2 aromatic heterocycles. The lowest BCUT2D eigenvalue weighted by Gasteiger charge is -2.38. The molecule has 134 valence electrons. The number of benzene rings is 2. The van der Waals surface area contributed by atoms with E-state index in [9.17, 15) is 5.11 Å². The van der Waals surface area contributed by atoms with Crippen molar-refractivity contribution in [3.8, 4) is 22.8 Å². The molecule has 0 aliphatic heterocycles. The standard InChI is InChI=1S/C23H21N3O/c24-23(12-4-13-23)17-7-9-18(10-8-17)26-20-11-14-25-22(27)19(20)15-21(26)16-5-2-1-3-6-16/h1-3,5-11,14-15H,4,12-13,24H2,(H,25,27). The highest BCUT2D eigenvalue weighted by Crippen LogP contribution is 2.40. The Hall–Kier alpha value is -3.11. The van der Waals surface area contributed by atoms with E-state index >= 15 is 0 Å². The van der Waals surface area contributed by atoms with Crippen LogP contribution in [0, 0.1) is 0 Å². The van der Waals surface area contributed by atoms with Crippen molar-refractivity contribution in [2.75, 3.05) is 0 Å². The second-order valence-electron chi connectivity index (χ2n) is 7.35. The van der Waals surface area contributed by atoms with E-state index in [0.29, 0.717) is 0 Å². The Bertz CT molecular complexity index is 1110. The molecule has 0 radical (unpaired) electrons. The highest BCUT2D eigenvalue weighted by molar-refractivity contribution is 5.92. The molecule has 0 saturated heterocycles. The van der Waals surface area contributed by atoms with Crippen LogP contribution in [0.4, 0.5) is 0 Å². The summed E-state index contributed by atoms with van der Waals surface area (Å²) in [6.07, 6.45) is 4.94. The van der Waals surface area contributed by atoms with Gasteiger partial charge in [-0.05, 0) is 54.7 Å². The summed E-state index contributed by atoms with van der Waals surface area (Å²) in [4.78, 5) is 4.04. The molecular weight excluding hydrogens is 334 g/mol. The van der Waals surface area contributed by atoms with E-state index in [4.69, 9.17) is 5.73 Å². The lowest BCUT2D eigenvalue weighted by molar-refractivity contribution is 0.253. The van der Waals surface area contributed by atoms with Gasteiger partial charge >= 0.3 is 0 Å². The lowest BCUT2D eigenvalue weighted by Crippen LogP contribution is -2.43. The third-order valence-corrected chi connectivity index (χ3v) is 5.72. The Morgan fingerprint density at radius 2 is 1.70 bits per heavy atom. The smallest absolute Gasteiger partial charge is 0.220 e. The van der Waals surface area contributed by atoms with E-state index in [2.05, 4.69) is 45.9 Å². The van der Waals surface area contributed by atoms with Gasteiger partial charge in [0.15, 0.2) is 0 Å². The minimum Gasteiger partial charge on any atom is -0.493 e. The highest BCUT2D eigenvalue weighted by atomic mass is 16.3. The molecule has 0 unspecified atom stereocenters. The van der Waals surface area contributed by atoms with Crippen LogP contribution in [0.3, 0.4) is 0 Å². The largest absolute Gasteiger partial charge is 0.493 e. The first-order valence-electron chi connectivity index (χ1n) is 9.30. The Labute approximate surface area is 157 Å². The predicted octanol–water partition coefficient (Wildman–Crippen LogP) is 4.74. The fraction of sp³-hybridized carbons (Fsp3) is 0.174. The molecule has 0 spiro atoms. The molecule has 2 aromatic carbocycles. The van der Waals surface area contributed by atoms with Gasteiger partial charge in [0.1, 0.15) is 0 Å². The van der Waals surface area contributed by atoms with Gasteiger partial charge in [0.05, 0.1) is 16.6 Å². The van der Waals surface area contributed by atoms with Crippen molar-refractivity contribution in [2.45, 2.75) is 24.8 Å². The first kappa shape index (κ1) is 16.1. The molecule has 1 aliphatic rings. The predicted molar refractivity (Wildman–Crippen MR) is 108 cm³/mol. The van der Waals surface area contributed by atoms with Crippen LogP contribution in [0.15, 0.2) is 72.9 Å². The number of hydrogen-bond acceptors (Lipinski definition) is 3. The fourth-order valence-electron chi connectivity index (χ4n) is 4.01. The van der Waals surface area contributed by atoms with Gasteiger partial charge in [0.2, 0.25) is 5.88 Å². The summed E-state index contributed by atoms with van der Waals surface area (Å²) in [6, 6.07) is 22.6. The Morgan fingerprint density at radius 1 is 0.963 bits per heavy atom. The van der Waals surface area contributed by atoms with Gasteiger partial charge in [-0.3, -0.25) is 0 Å². The third kappa shape index (κ3) is 2.53. The summed E-state index contributed by atoms with van der Waals surface area (Å²) in [6.45, 7) is 0. The summed E-state index contributed by atoms with van der Waals surface area (Å²) in [5, 5.41) is 11.0. The monoisotopic (exact) mass is 355 g/mol. The van der Waals surface area contributed by atoms with Gasteiger partial charge in [-0.25, -0.2) is 4.98 Å². The summed E-state index contributed by atoms with van der Waals surface area (Å²) in [5.41, 5.74) is 11.6. The lowest BCUT2D eigenvalue weighted by atomic mass is 9.73. The van der Waals surface area contributed by atoms with E-state index in [1.807, 2.05) is 30.3 Å². The van der Waals surface area contributed by atoms with Crippen molar-refractivity contribution in [1.29, 1.82) is 0 Å². The maximum atomic E-state index is 10.3. The molecule has 27 heavy (non-hydrogen) atoms. The van der Waals surface area contributed by atoms with Gasteiger partial charge in [0.25, 0.3) is 0 Å². The summed E-state index contributed by atoms with van der Waals surface area (Å²) < 4.78 is 2.17. The van der Waals surface area contributed by atoms with E-state index < -0.39 is 0 Å². The first-order valence-corrected chi connectivity index (χ1v) is 9.30. The summed E-state index contributed by atoms with van der Waals surface area (Å²) in [5.74, 6) is 0.0513. The maximum Gasteiger partial charge on any atom is 0.220 e. The summed E-state index contributed by atoms with van der Waals surface area (Å²) in [7, 11) is 0. The molecule has 1 fully saturated rings. The molecular formula is C23H21N3O. The van der Waals surface area contributed by atoms with Crippen molar-refractivity contribution >= 4 is 10.9 Å². The van der Waals surface area contributed by atoms with E-state index in [-0.39, 0.29) is 11.4 Å². The zero-order chi connectivity index (χ0) is 18.4. The molecule has 0 atom stereocenters. The topological polar surface area (TPSA) is 64.1 Å². The summed E-state index contributed by atoms with van der Waals surface area (Å²) >= 11 is 0. The maximum absolute atomic E-state index is 10.3. The molecule has 1 saturated carbocycles. The minimum absolute atomic E-state index is 0.0513. The number of hydrogen-bond donors (Lipinski definition) is 2. The zero-order valence-corrected chi connectivity index (χ0v) is 15.0. The van der Waals surface area contributed by atoms with Crippen LogP contribution in [0.1, 0.15) is 24.8 Å². The van der Waals surface area contributed by atoms with Crippen LogP contribution in [0.25, 0.3) is 27.8 Å². The second kappa shape index (κ2) is 5.96. The van der Waals surface area contributed by atoms with E-state index in [1.165, 1.54) is 12.0 Å². The molecule has 4 aromatic rings. The van der Waals surface area contributed by atoms with Crippen LogP contribution in [0.2, 0.25) is 0 Å². The molecule has 4 nitrogen and oxygen atoms in total. The van der Waals surface area contributed by atoms with E-state index in [0.717, 1.165) is 40.7 Å². The number of rotatable bonds is 3. The number of aromatic hydroxyl groups is 1. The van der Waals surface area contributed by atoms with Crippen molar-refractivity contribution in [1.82, 2.24) is 9.55 Å². The van der Waals surface area contributed by atoms with Crippen molar-refractivity contribution in [3.05, 3.63) is 78.5 Å². The average Bonchev–Trinajstić information content (AvgIpc) is 3.08. The average molecular weight is 355 g/mol. The number of fused-ring (bicyclic) bond motifs is 1. The van der Waals surface area contributed by atoms with Gasteiger partial charge < -0.3 is 15.4 Å². The SMILES string of the molecule is NC1(c2ccc(-n3c(-c4ccccc4)cc4c(O)nccc43)cc2)CCC1. The van der Waals surface area contributed by atoms with Crippen LogP contribution < -0.4 is 5.73 Å². The molecule has 1 aliphatic carbocycles. The molecule has 2 heterocycles. The van der Waals surface area contributed by atoms with Crippen molar-refractivity contribution in [3.63, 3.8) is 0 Å². The minimum atomic E-state index is -0.165. The van der Waals surface area contributed by atoms with Crippen LogP contribution in [0.5, 0.6) is 5.88 Å².